The van der Waals surface area contributed by atoms with Crippen LogP contribution in [-0.2, 0) is 6.42 Å². The third-order valence-corrected chi connectivity index (χ3v) is 5.73. The Morgan fingerprint density at radius 2 is 2.05 bits per heavy atom. The van der Waals surface area contributed by atoms with Crippen molar-refractivity contribution >= 4 is 5.95 Å². The molecule has 4 rings (SSSR count). The highest BCUT2D eigenvalue weighted by Crippen LogP contribution is 2.35. The van der Waals surface area contributed by atoms with Crippen molar-refractivity contribution in [2.45, 2.75) is 64.0 Å². The number of aromatic nitrogens is 2. The smallest absolute Gasteiger partial charge is 0.206 e. The second kappa shape index (κ2) is 5.64. The highest BCUT2D eigenvalue weighted by Gasteiger charge is 2.36. The number of piperidine rings is 1. The molecule has 2 unspecified atom stereocenters. The Morgan fingerprint density at radius 3 is 2.81 bits per heavy atom. The first-order valence-electron chi connectivity index (χ1n) is 8.91. The van der Waals surface area contributed by atoms with E-state index in [1.54, 1.807) is 0 Å². The molecule has 3 fully saturated rings. The van der Waals surface area contributed by atoms with Crippen LogP contribution in [0.1, 0.15) is 57.2 Å². The lowest BCUT2D eigenvalue weighted by Crippen LogP contribution is -2.40. The van der Waals surface area contributed by atoms with Gasteiger partial charge in [-0.15, -0.1) is 0 Å². The predicted octanol–water partition coefficient (Wildman–Crippen LogP) is 2.75. The van der Waals surface area contributed by atoms with E-state index in [0.29, 0.717) is 12.1 Å². The van der Waals surface area contributed by atoms with Crippen LogP contribution in [0.2, 0.25) is 0 Å². The Labute approximate surface area is 127 Å². The molecule has 0 amide bonds. The Hall–Kier alpha value is -1.03. The quantitative estimate of drug-likeness (QED) is 0.928. The predicted molar refractivity (Wildman–Crippen MR) is 85.8 cm³/mol. The summed E-state index contributed by atoms with van der Waals surface area (Å²) in [5, 5.41) is 3.71. The highest BCUT2D eigenvalue weighted by atomic mass is 15.3. The van der Waals surface area contributed by atoms with Crippen molar-refractivity contribution in [2.24, 2.45) is 5.92 Å². The van der Waals surface area contributed by atoms with Gasteiger partial charge >= 0.3 is 0 Å². The van der Waals surface area contributed by atoms with Crippen LogP contribution in [0.25, 0.3) is 0 Å². The minimum Gasteiger partial charge on any atom is -0.340 e. The fourth-order valence-electron chi connectivity index (χ4n) is 4.50. The second-order valence-electron chi connectivity index (χ2n) is 7.10. The fraction of sp³-hybridized carbons (Fsp3) is 0.824. The Morgan fingerprint density at radius 1 is 1.19 bits per heavy atom. The van der Waals surface area contributed by atoms with Gasteiger partial charge < -0.3 is 14.8 Å². The van der Waals surface area contributed by atoms with Gasteiger partial charge in [0.05, 0.1) is 5.69 Å². The zero-order valence-electron chi connectivity index (χ0n) is 13.2. The number of imidazole rings is 1. The van der Waals surface area contributed by atoms with E-state index in [-0.39, 0.29) is 0 Å². The minimum absolute atomic E-state index is 0.692. The average Bonchev–Trinajstić information content (AvgIpc) is 3.24. The number of hydrogen-bond acceptors (Lipinski definition) is 3. The number of nitrogens with one attached hydrogen (secondary N) is 1. The van der Waals surface area contributed by atoms with Crippen molar-refractivity contribution in [2.75, 3.05) is 24.5 Å². The fourth-order valence-corrected chi connectivity index (χ4v) is 4.50. The first-order chi connectivity index (χ1) is 10.3. The molecule has 4 heteroatoms. The van der Waals surface area contributed by atoms with Gasteiger partial charge in [-0.1, -0.05) is 19.8 Å². The third-order valence-electron chi connectivity index (χ3n) is 5.73. The monoisotopic (exact) mass is 288 g/mol. The maximum absolute atomic E-state index is 4.97. The minimum atomic E-state index is 0.692. The summed E-state index contributed by atoms with van der Waals surface area (Å²) in [6.07, 6.45) is 11.6. The molecule has 0 spiro atoms. The first kappa shape index (κ1) is 13.6. The van der Waals surface area contributed by atoms with Gasteiger partial charge in [0.1, 0.15) is 0 Å². The second-order valence-corrected chi connectivity index (χ2v) is 7.10. The molecule has 2 aliphatic heterocycles. The molecule has 1 aromatic rings. The molecule has 0 aromatic carbocycles. The number of rotatable bonds is 3. The van der Waals surface area contributed by atoms with Gasteiger partial charge in [-0.05, 0) is 44.6 Å². The zero-order valence-corrected chi connectivity index (χ0v) is 13.2. The normalized spacial score (nSPS) is 30.0. The van der Waals surface area contributed by atoms with Crippen LogP contribution in [0.3, 0.4) is 0 Å². The van der Waals surface area contributed by atoms with Crippen LogP contribution in [-0.4, -0.2) is 35.2 Å². The molecule has 116 valence electrons. The molecule has 1 saturated carbocycles. The van der Waals surface area contributed by atoms with Gasteiger partial charge in [0.2, 0.25) is 5.95 Å². The van der Waals surface area contributed by atoms with E-state index in [4.69, 9.17) is 4.98 Å². The standard InChI is InChI=1S/C17H28N4/c1-2-14-11-21(15-7-3-4-8-15)17(19-14)20-10-13-6-5-9-18-16(13)12-20/h11,13,15-16,18H,2-10,12H2,1H3. The molecule has 2 atom stereocenters. The topological polar surface area (TPSA) is 33.1 Å². The van der Waals surface area contributed by atoms with Crippen LogP contribution in [0.4, 0.5) is 5.95 Å². The lowest BCUT2D eigenvalue weighted by molar-refractivity contribution is 0.340. The van der Waals surface area contributed by atoms with Gasteiger partial charge in [-0.2, -0.15) is 0 Å². The molecule has 3 aliphatic rings. The summed E-state index contributed by atoms with van der Waals surface area (Å²) >= 11 is 0. The van der Waals surface area contributed by atoms with Gasteiger partial charge in [0.15, 0.2) is 0 Å². The van der Waals surface area contributed by atoms with E-state index >= 15 is 0 Å². The lowest BCUT2D eigenvalue weighted by Gasteiger charge is -2.24. The van der Waals surface area contributed by atoms with Crippen molar-refractivity contribution in [1.29, 1.82) is 0 Å². The molecular formula is C17H28N4. The van der Waals surface area contributed by atoms with Crippen LogP contribution in [0.5, 0.6) is 0 Å². The van der Waals surface area contributed by atoms with Gasteiger partial charge in [0.25, 0.3) is 0 Å². The molecule has 2 saturated heterocycles. The van der Waals surface area contributed by atoms with Crippen LogP contribution < -0.4 is 10.2 Å². The summed E-state index contributed by atoms with van der Waals surface area (Å²) in [5.74, 6) is 2.09. The van der Waals surface area contributed by atoms with Crippen molar-refractivity contribution in [3.63, 3.8) is 0 Å². The molecule has 1 aliphatic carbocycles. The summed E-state index contributed by atoms with van der Waals surface area (Å²) in [4.78, 5) is 7.53. The number of hydrogen-bond donors (Lipinski definition) is 1. The third kappa shape index (κ3) is 2.48. The van der Waals surface area contributed by atoms with Gasteiger partial charge in [-0.3, -0.25) is 0 Å². The average molecular weight is 288 g/mol. The molecule has 3 heterocycles. The van der Waals surface area contributed by atoms with Crippen molar-refractivity contribution in [1.82, 2.24) is 14.9 Å². The number of fused-ring (bicyclic) bond motifs is 1. The van der Waals surface area contributed by atoms with E-state index in [0.717, 1.165) is 18.9 Å². The number of aryl methyl sites for hydroxylation is 1. The van der Waals surface area contributed by atoms with E-state index in [1.165, 1.54) is 63.3 Å². The van der Waals surface area contributed by atoms with Gasteiger partial charge in [0, 0.05) is 31.4 Å². The van der Waals surface area contributed by atoms with Crippen LogP contribution in [0, 0.1) is 5.92 Å². The largest absolute Gasteiger partial charge is 0.340 e. The van der Waals surface area contributed by atoms with Crippen molar-refractivity contribution in [3.05, 3.63) is 11.9 Å². The number of nitrogens with zero attached hydrogens (tertiary/aromatic N) is 3. The van der Waals surface area contributed by atoms with E-state index in [9.17, 15) is 0 Å². The molecule has 0 bridgehead atoms. The maximum atomic E-state index is 4.97. The Kier molecular flexibility index (Phi) is 3.66. The van der Waals surface area contributed by atoms with E-state index in [2.05, 4.69) is 27.9 Å². The SMILES string of the molecule is CCc1cn(C2CCCC2)c(N2CC3CCCNC3C2)n1. The first-order valence-corrected chi connectivity index (χ1v) is 8.91. The van der Waals surface area contributed by atoms with Crippen molar-refractivity contribution in [3.8, 4) is 0 Å². The molecule has 21 heavy (non-hydrogen) atoms. The zero-order chi connectivity index (χ0) is 14.2. The molecule has 1 N–H and O–H groups in total. The summed E-state index contributed by atoms with van der Waals surface area (Å²) in [5.41, 5.74) is 1.26. The van der Waals surface area contributed by atoms with Gasteiger partial charge in [-0.25, -0.2) is 4.98 Å². The molecule has 4 nitrogen and oxygen atoms in total. The van der Waals surface area contributed by atoms with Crippen molar-refractivity contribution < 1.29 is 0 Å². The molecule has 1 aromatic heterocycles. The van der Waals surface area contributed by atoms with Crippen LogP contribution >= 0.6 is 0 Å². The van der Waals surface area contributed by atoms with Crippen LogP contribution in [0.15, 0.2) is 6.20 Å². The van der Waals surface area contributed by atoms with E-state index in [1.807, 2.05) is 0 Å². The summed E-state index contributed by atoms with van der Waals surface area (Å²) < 4.78 is 2.52. The molecule has 0 radical (unpaired) electrons. The highest BCUT2D eigenvalue weighted by molar-refractivity contribution is 5.37. The molecular weight excluding hydrogens is 260 g/mol. The summed E-state index contributed by atoms with van der Waals surface area (Å²) in [7, 11) is 0. The summed E-state index contributed by atoms with van der Waals surface area (Å²) in [6, 6.07) is 1.39. The maximum Gasteiger partial charge on any atom is 0.206 e. The summed E-state index contributed by atoms with van der Waals surface area (Å²) in [6.45, 7) is 5.77. The Bertz CT molecular complexity index is 475. The Balaban J connectivity index is 1.60. The number of anilines is 1. The van der Waals surface area contributed by atoms with E-state index < -0.39 is 0 Å². The lowest BCUT2D eigenvalue weighted by atomic mass is 9.94.